The number of carbonyl (C=O) groups is 1. The van der Waals surface area contributed by atoms with Gasteiger partial charge in [-0.3, -0.25) is 14.5 Å². The summed E-state index contributed by atoms with van der Waals surface area (Å²) in [7, 11) is 1.85. The summed E-state index contributed by atoms with van der Waals surface area (Å²) in [6, 6.07) is 8.99. The molecule has 0 aliphatic carbocycles. The number of benzene rings is 1. The first-order chi connectivity index (χ1) is 17.6. The number of nitrogens with zero attached hydrogens (tertiary/aromatic N) is 4. The maximum atomic E-state index is 15.2. The molecule has 3 N–H and O–H groups in total. The van der Waals surface area contributed by atoms with Gasteiger partial charge in [0.05, 0.1) is 29.8 Å². The van der Waals surface area contributed by atoms with Crippen LogP contribution in [-0.2, 0) is 7.05 Å². The average Bonchev–Trinajstić information content (AvgIpc) is 3.51. The highest BCUT2D eigenvalue weighted by Crippen LogP contribution is 2.36. The molecule has 1 fully saturated rings. The van der Waals surface area contributed by atoms with Crippen molar-refractivity contribution in [3.8, 4) is 22.4 Å². The third-order valence-electron chi connectivity index (χ3n) is 6.85. The van der Waals surface area contributed by atoms with Gasteiger partial charge in [-0.25, -0.2) is 9.37 Å². The number of aromatic nitrogens is 5. The molecule has 0 bridgehead atoms. The lowest BCUT2D eigenvalue weighted by molar-refractivity contribution is 0.0945. The molecule has 1 saturated heterocycles. The van der Waals surface area contributed by atoms with E-state index in [1.165, 1.54) is 6.20 Å². The van der Waals surface area contributed by atoms with Crippen LogP contribution in [0.25, 0.3) is 44.3 Å². The summed E-state index contributed by atoms with van der Waals surface area (Å²) in [5.41, 5.74) is 4.63. The Labute approximate surface area is 207 Å². The van der Waals surface area contributed by atoms with Crippen molar-refractivity contribution in [3.05, 3.63) is 66.5 Å². The molecule has 8 nitrogen and oxygen atoms in total. The number of amides is 1. The maximum absolute atomic E-state index is 15.2. The van der Waals surface area contributed by atoms with Gasteiger partial charge in [0.2, 0.25) is 0 Å². The van der Waals surface area contributed by atoms with Crippen molar-refractivity contribution in [1.82, 2.24) is 35.4 Å². The van der Waals surface area contributed by atoms with Crippen molar-refractivity contribution >= 4 is 27.8 Å². The predicted molar refractivity (Wildman–Crippen MR) is 137 cm³/mol. The second-order valence-electron chi connectivity index (χ2n) is 9.35. The Morgan fingerprint density at radius 2 is 2.03 bits per heavy atom. The van der Waals surface area contributed by atoms with Crippen LogP contribution in [0.4, 0.5) is 4.39 Å². The van der Waals surface area contributed by atoms with Gasteiger partial charge in [0.15, 0.2) is 0 Å². The summed E-state index contributed by atoms with van der Waals surface area (Å²) in [5.74, 6) is -0.0917. The average molecular weight is 484 g/mol. The second-order valence-corrected chi connectivity index (χ2v) is 9.35. The minimum atomic E-state index is -0.426. The van der Waals surface area contributed by atoms with Crippen LogP contribution in [-0.4, -0.2) is 50.3 Å². The number of carbonyl (C=O) groups excluding carboxylic acids is 1. The van der Waals surface area contributed by atoms with Crippen LogP contribution in [0.2, 0.25) is 0 Å². The van der Waals surface area contributed by atoms with E-state index in [4.69, 9.17) is 0 Å². The largest absolute Gasteiger partial charge is 0.352 e. The Bertz CT molecular complexity index is 1560. The second kappa shape index (κ2) is 9.16. The lowest BCUT2D eigenvalue weighted by atomic mass is 9.98. The molecular formula is C27H26FN7O. The van der Waals surface area contributed by atoms with Crippen molar-refractivity contribution in [2.75, 3.05) is 19.6 Å². The number of nitrogens with one attached hydrogen (secondary N) is 3. The van der Waals surface area contributed by atoms with Crippen LogP contribution in [0.3, 0.4) is 0 Å². The van der Waals surface area contributed by atoms with Crippen molar-refractivity contribution in [3.63, 3.8) is 0 Å². The number of fused-ring (bicyclic) bond motifs is 3. The number of hydrogen-bond acceptors (Lipinski definition) is 5. The summed E-state index contributed by atoms with van der Waals surface area (Å²) in [6.07, 6.45) is 8.84. The van der Waals surface area contributed by atoms with Crippen molar-refractivity contribution < 1.29 is 9.18 Å². The number of pyridine rings is 2. The van der Waals surface area contributed by atoms with Gasteiger partial charge in [-0.05, 0) is 55.6 Å². The number of piperidine rings is 1. The zero-order chi connectivity index (χ0) is 24.6. The number of H-pyrrole nitrogens is 1. The van der Waals surface area contributed by atoms with Gasteiger partial charge in [-0.15, -0.1) is 0 Å². The van der Waals surface area contributed by atoms with E-state index in [2.05, 4.69) is 30.7 Å². The molecule has 0 spiro atoms. The molecular weight excluding hydrogens is 457 g/mol. The normalized spacial score (nSPS) is 16.0. The van der Waals surface area contributed by atoms with Crippen molar-refractivity contribution in [1.29, 1.82) is 0 Å². The summed E-state index contributed by atoms with van der Waals surface area (Å²) < 4.78 is 16.9. The molecule has 1 aliphatic heterocycles. The van der Waals surface area contributed by atoms with E-state index in [9.17, 15) is 4.79 Å². The van der Waals surface area contributed by atoms with E-state index in [-0.39, 0.29) is 5.91 Å². The summed E-state index contributed by atoms with van der Waals surface area (Å²) in [4.78, 5) is 24.8. The van der Waals surface area contributed by atoms with Gasteiger partial charge >= 0.3 is 0 Å². The third kappa shape index (κ3) is 4.11. The number of halogens is 1. The fourth-order valence-corrected chi connectivity index (χ4v) is 4.95. The number of hydrogen-bond donors (Lipinski definition) is 3. The molecule has 9 heteroatoms. The monoisotopic (exact) mass is 483 g/mol. The quantitative estimate of drug-likeness (QED) is 0.350. The van der Waals surface area contributed by atoms with E-state index in [0.717, 1.165) is 48.1 Å². The van der Waals surface area contributed by atoms with Crippen molar-refractivity contribution in [2.24, 2.45) is 13.0 Å². The van der Waals surface area contributed by atoms with E-state index in [1.807, 2.05) is 19.3 Å². The van der Waals surface area contributed by atoms with Crippen LogP contribution < -0.4 is 10.6 Å². The van der Waals surface area contributed by atoms with Crippen LogP contribution in [0.1, 0.15) is 23.2 Å². The molecule has 0 unspecified atom stereocenters. The van der Waals surface area contributed by atoms with Crippen LogP contribution in [0, 0.1) is 11.7 Å². The lowest BCUT2D eigenvalue weighted by Crippen LogP contribution is -2.38. The Morgan fingerprint density at radius 1 is 1.17 bits per heavy atom. The Morgan fingerprint density at radius 3 is 2.78 bits per heavy atom. The van der Waals surface area contributed by atoms with E-state index in [1.54, 1.807) is 41.3 Å². The van der Waals surface area contributed by atoms with Crippen LogP contribution in [0.5, 0.6) is 0 Å². The topological polar surface area (TPSA) is 101 Å². The minimum Gasteiger partial charge on any atom is -0.352 e. The first kappa shape index (κ1) is 22.4. The molecule has 182 valence electrons. The first-order valence-electron chi connectivity index (χ1n) is 12.1. The summed E-state index contributed by atoms with van der Waals surface area (Å²) in [6.45, 7) is 2.62. The standard InChI is InChI=1S/C27H26FN7O/c1-35-15-19(12-33-35)22-9-20-23(14-30-22)34-26-25(20)24(21(28)13-31-26)17-4-6-18(7-5-17)27(36)32-11-16-3-2-8-29-10-16/h4-7,9,12-16,29H,2-3,8,10-11H2,1H3,(H,31,34)(H,32,36)/t16-/m0/s1. The first-order valence-corrected chi connectivity index (χ1v) is 12.1. The van der Waals surface area contributed by atoms with Crippen molar-refractivity contribution in [2.45, 2.75) is 12.8 Å². The zero-order valence-corrected chi connectivity index (χ0v) is 19.9. The molecule has 0 saturated carbocycles. The molecule has 5 heterocycles. The van der Waals surface area contributed by atoms with E-state index < -0.39 is 5.82 Å². The number of aromatic amines is 1. The van der Waals surface area contributed by atoms with Crippen LogP contribution >= 0.6 is 0 Å². The molecule has 1 aromatic carbocycles. The summed E-state index contributed by atoms with van der Waals surface area (Å²) in [5, 5.41) is 12.1. The third-order valence-corrected chi connectivity index (χ3v) is 6.85. The molecule has 1 atom stereocenters. The molecule has 1 aliphatic rings. The van der Waals surface area contributed by atoms with Gasteiger partial charge < -0.3 is 15.6 Å². The fourth-order valence-electron chi connectivity index (χ4n) is 4.95. The highest BCUT2D eigenvalue weighted by molar-refractivity contribution is 6.13. The van der Waals surface area contributed by atoms with E-state index in [0.29, 0.717) is 40.2 Å². The summed E-state index contributed by atoms with van der Waals surface area (Å²) >= 11 is 0. The molecule has 0 radical (unpaired) electrons. The Hall–Kier alpha value is -4.11. The molecule has 5 aromatic rings. The number of aryl methyl sites for hydroxylation is 1. The highest BCUT2D eigenvalue weighted by Gasteiger charge is 2.19. The van der Waals surface area contributed by atoms with E-state index >= 15 is 4.39 Å². The van der Waals surface area contributed by atoms with Gasteiger partial charge in [-0.1, -0.05) is 12.1 Å². The highest BCUT2D eigenvalue weighted by atomic mass is 19.1. The predicted octanol–water partition coefficient (Wildman–Crippen LogP) is 4.05. The van der Waals surface area contributed by atoms with Gasteiger partial charge in [0.1, 0.15) is 11.5 Å². The Kier molecular flexibility index (Phi) is 5.69. The maximum Gasteiger partial charge on any atom is 0.251 e. The number of rotatable bonds is 5. The molecule has 1 amide bonds. The molecule has 6 rings (SSSR count). The van der Waals surface area contributed by atoms with Gasteiger partial charge in [0.25, 0.3) is 5.91 Å². The van der Waals surface area contributed by atoms with Crippen LogP contribution in [0.15, 0.2) is 55.1 Å². The molecule has 4 aromatic heterocycles. The van der Waals surface area contributed by atoms with Gasteiger partial charge in [0, 0.05) is 47.3 Å². The Balaban J connectivity index is 1.34. The van der Waals surface area contributed by atoms with Gasteiger partial charge in [-0.2, -0.15) is 5.10 Å². The fraction of sp³-hybridized carbons (Fsp3) is 0.259. The smallest absolute Gasteiger partial charge is 0.251 e. The molecule has 36 heavy (non-hydrogen) atoms. The zero-order valence-electron chi connectivity index (χ0n) is 19.9. The lowest BCUT2D eigenvalue weighted by Gasteiger charge is -2.22. The SMILES string of the molecule is Cn1cc(-c2cc3c(cn2)[nH]c2ncc(F)c(-c4ccc(C(=O)NC[C@H]5CCCNC5)cc4)c23)cn1. The minimum absolute atomic E-state index is 0.119.